The van der Waals surface area contributed by atoms with Crippen LogP contribution in [0.15, 0.2) is 24.3 Å². The van der Waals surface area contributed by atoms with Crippen LogP contribution in [-0.4, -0.2) is 41.0 Å². The molecule has 0 fully saturated rings. The van der Waals surface area contributed by atoms with Crippen LogP contribution in [0.25, 0.3) is 0 Å². The fourth-order valence-corrected chi connectivity index (χ4v) is 6.72. The third-order valence-corrected chi connectivity index (χ3v) is 10.2. The number of allylic oxidation sites excluding steroid dienone is 4. The van der Waals surface area contributed by atoms with Gasteiger partial charge in [-0.25, -0.2) is 4.57 Å². The fourth-order valence-electron chi connectivity index (χ4n) is 6.36. The monoisotopic (exact) mass is 771 g/mol. The van der Waals surface area contributed by atoms with E-state index in [0.29, 0.717) is 12.8 Å². The number of phosphoric ester groups is 1. The standard InChI is InChI=1S/C44H83O8P/c1-3-5-7-9-11-13-15-17-19-20-21-22-23-24-25-27-29-31-33-35-37-39-44(46)52-42(41-51-53(47,48)49)40-50-43(45)38-36-34-32-30-28-26-18-16-14-12-10-8-6-4-2/h16,18,20-21,42H,3-15,17,19,22-41H2,1-2H3,(H2,47,48,49)/b18-16-,21-20-. The Morgan fingerprint density at radius 1 is 0.472 bits per heavy atom. The molecule has 0 saturated heterocycles. The quantitative estimate of drug-likeness (QED) is 0.0273. The second-order valence-electron chi connectivity index (χ2n) is 15.0. The molecule has 0 saturated carbocycles. The molecule has 0 aliphatic carbocycles. The van der Waals surface area contributed by atoms with E-state index in [2.05, 4.69) is 42.7 Å². The highest BCUT2D eigenvalue weighted by atomic mass is 31.2. The summed E-state index contributed by atoms with van der Waals surface area (Å²) in [6.45, 7) is 3.69. The molecule has 0 heterocycles. The lowest BCUT2D eigenvalue weighted by molar-refractivity contribution is -0.161. The van der Waals surface area contributed by atoms with Crippen molar-refractivity contribution in [1.29, 1.82) is 0 Å². The summed E-state index contributed by atoms with van der Waals surface area (Å²) in [7, 11) is -4.75. The maximum absolute atomic E-state index is 12.4. The first-order chi connectivity index (χ1) is 25.8. The summed E-state index contributed by atoms with van der Waals surface area (Å²) in [5.74, 6) is -0.890. The Kier molecular flexibility index (Phi) is 39.1. The Balaban J connectivity index is 3.87. The molecule has 312 valence electrons. The minimum Gasteiger partial charge on any atom is -0.462 e. The smallest absolute Gasteiger partial charge is 0.462 e. The number of hydrogen-bond donors (Lipinski definition) is 2. The summed E-state index contributed by atoms with van der Waals surface area (Å²) in [6.07, 6.45) is 46.2. The second-order valence-corrected chi connectivity index (χ2v) is 16.3. The van der Waals surface area contributed by atoms with Crippen molar-refractivity contribution in [3.8, 4) is 0 Å². The van der Waals surface area contributed by atoms with Gasteiger partial charge in [0.15, 0.2) is 6.10 Å². The van der Waals surface area contributed by atoms with Crippen molar-refractivity contribution in [2.24, 2.45) is 0 Å². The zero-order valence-electron chi connectivity index (χ0n) is 34.4. The molecule has 0 bridgehead atoms. The normalized spacial score (nSPS) is 12.6. The molecule has 1 unspecified atom stereocenters. The highest BCUT2D eigenvalue weighted by molar-refractivity contribution is 7.46. The van der Waals surface area contributed by atoms with E-state index in [1.165, 1.54) is 135 Å². The van der Waals surface area contributed by atoms with E-state index in [1.807, 2.05) is 0 Å². The number of phosphoric acid groups is 1. The van der Waals surface area contributed by atoms with E-state index >= 15 is 0 Å². The van der Waals surface area contributed by atoms with Crippen molar-refractivity contribution in [3.05, 3.63) is 24.3 Å². The maximum Gasteiger partial charge on any atom is 0.469 e. The summed E-state index contributed by atoms with van der Waals surface area (Å²) < 4.78 is 26.4. The largest absolute Gasteiger partial charge is 0.469 e. The molecular formula is C44H83O8P. The first-order valence-corrected chi connectivity index (χ1v) is 23.7. The van der Waals surface area contributed by atoms with E-state index in [1.54, 1.807) is 0 Å². The van der Waals surface area contributed by atoms with Gasteiger partial charge in [-0.05, 0) is 64.2 Å². The Bertz CT molecular complexity index is 915. The Labute approximate surface area is 326 Å². The Morgan fingerprint density at radius 2 is 0.792 bits per heavy atom. The molecule has 0 aromatic heterocycles. The van der Waals surface area contributed by atoms with Crippen molar-refractivity contribution >= 4 is 19.8 Å². The van der Waals surface area contributed by atoms with Gasteiger partial charge in [0.1, 0.15) is 6.61 Å². The molecule has 0 radical (unpaired) electrons. The summed E-state index contributed by atoms with van der Waals surface area (Å²) in [5, 5.41) is 0. The molecule has 2 N–H and O–H groups in total. The van der Waals surface area contributed by atoms with Crippen LogP contribution in [0.4, 0.5) is 0 Å². The molecule has 1 atom stereocenters. The van der Waals surface area contributed by atoms with Crippen molar-refractivity contribution in [1.82, 2.24) is 0 Å². The van der Waals surface area contributed by atoms with Gasteiger partial charge in [0.25, 0.3) is 0 Å². The van der Waals surface area contributed by atoms with E-state index in [4.69, 9.17) is 19.3 Å². The molecular weight excluding hydrogens is 687 g/mol. The summed E-state index contributed by atoms with van der Waals surface area (Å²) >= 11 is 0. The van der Waals surface area contributed by atoms with E-state index in [9.17, 15) is 14.2 Å². The number of rotatable bonds is 41. The number of unbranched alkanes of at least 4 members (excludes halogenated alkanes) is 27. The van der Waals surface area contributed by atoms with Gasteiger partial charge in [0.2, 0.25) is 0 Å². The van der Waals surface area contributed by atoms with Crippen molar-refractivity contribution < 1.29 is 37.9 Å². The minimum atomic E-state index is -4.75. The highest BCUT2D eigenvalue weighted by Crippen LogP contribution is 2.36. The van der Waals surface area contributed by atoms with Crippen molar-refractivity contribution in [2.75, 3.05) is 13.2 Å². The minimum absolute atomic E-state index is 0.210. The van der Waals surface area contributed by atoms with Gasteiger partial charge in [-0.1, -0.05) is 173 Å². The molecule has 53 heavy (non-hydrogen) atoms. The molecule has 0 spiro atoms. The third-order valence-electron chi connectivity index (χ3n) is 9.69. The lowest BCUT2D eigenvalue weighted by atomic mass is 10.1. The molecule has 0 rings (SSSR count). The van der Waals surface area contributed by atoms with Gasteiger partial charge in [0.05, 0.1) is 6.61 Å². The molecule has 0 aromatic carbocycles. The SMILES string of the molecule is CCCCCCC/C=C\CCCCCCCC(=O)OCC(COP(=O)(O)O)OC(=O)CCCCCCCCCCC/C=C\CCCCCCCCCC. The van der Waals surface area contributed by atoms with E-state index in [0.717, 1.165) is 51.4 Å². The Morgan fingerprint density at radius 3 is 1.15 bits per heavy atom. The molecule has 9 heteroatoms. The molecule has 0 aliphatic heterocycles. The van der Waals surface area contributed by atoms with Crippen LogP contribution in [0.5, 0.6) is 0 Å². The second kappa shape index (κ2) is 40.2. The topological polar surface area (TPSA) is 119 Å². The highest BCUT2D eigenvalue weighted by Gasteiger charge is 2.22. The average Bonchev–Trinajstić information content (AvgIpc) is 3.13. The van der Waals surface area contributed by atoms with Gasteiger partial charge < -0.3 is 19.3 Å². The molecule has 8 nitrogen and oxygen atoms in total. The zero-order chi connectivity index (χ0) is 38.9. The molecule has 0 aliphatic rings. The van der Waals surface area contributed by atoms with Crippen LogP contribution >= 0.6 is 7.82 Å². The van der Waals surface area contributed by atoms with E-state index < -0.39 is 32.5 Å². The van der Waals surface area contributed by atoms with Crippen LogP contribution in [0.1, 0.15) is 226 Å². The van der Waals surface area contributed by atoms with Gasteiger partial charge in [-0.3, -0.25) is 14.1 Å². The number of ether oxygens (including phenoxy) is 2. The molecule has 0 amide bonds. The predicted molar refractivity (Wildman–Crippen MR) is 221 cm³/mol. The van der Waals surface area contributed by atoms with Crippen LogP contribution < -0.4 is 0 Å². The van der Waals surface area contributed by atoms with Gasteiger partial charge in [0, 0.05) is 12.8 Å². The van der Waals surface area contributed by atoms with Gasteiger partial charge >= 0.3 is 19.8 Å². The third kappa shape index (κ3) is 43.1. The Hall–Kier alpha value is -1.47. The summed E-state index contributed by atoms with van der Waals surface area (Å²) in [6, 6.07) is 0. The van der Waals surface area contributed by atoms with Crippen LogP contribution in [0.3, 0.4) is 0 Å². The first-order valence-electron chi connectivity index (χ1n) is 22.1. The maximum atomic E-state index is 12.4. The number of esters is 2. The number of carbonyl (C=O) groups excluding carboxylic acids is 2. The summed E-state index contributed by atoms with van der Waals surface area (Å²) in [4.78, 5) is 42.9. The van der Waals surface area contributed by atoms with Crippen LogP contribution in [0.2, 0.25) is 0 Å². The average molecular weight is 771 g/mol. The number of hydrogen-bond acceptors (Lipinski definition) is 6. The fraction of sp³-hybridized carbons (Fsp3) is 0.864. The lowest BCUT2D eigenvalue weighted by Crippen LogP contribution is -2.29. The number of carbonyl (C=O) groups is 2. The van der Waals surface area contributed by atoms with Crippen molar-refractivity contribution in [3.63, 3.8) is 0 Å². The summed E-state index contributed by atoms with van der Waals surface area (Å²) in [5.41, 5.74) is 0. The lowest BCUT2D eigenvalue weighted by Gasteiger charge is -2.18. The van der Waals surface area contributed by atoms with Gasteiger partial charge in [-0.2, -0.15) is 0 Å². The van der Waals surface area contributed by atoms with E-state index in [-0.39, 0.29) is 19.4 Å². The predicted octanol–water partition coefficient (Wildman–Crippen LogP) is 13.6. The zero-order valence-corrected chi connectivity index (χ0v) is 35.3. The van der Waals surface area contributed by atoms with Crippen molar-refractivity contribution in [2.45, 2.75) is 232 Å². The van der Waals surface area contributed by atoms with Crippen LogP contribution in [-0.2, 0) is 28.2 Å². The van der Waals surface area contributed by atoms with Crippen LogP contribution in [0, 0.1) is 0 Å². The molecule has 0 aromatic rings. The van der Waals surface area contributed by atoms with Gasteiger partial charge in [-0.15, -0.1) is 0 Å². The first kappa shape index (κ1) is 51.5.